The molecule has 9 nitrogen and oxygen atoms in total. The molecule has 0 aromatic rings. The van der Waals surface area contributed by atoms with Gasteiger partial charge in [-0.05, 0) is 64.2 Å². The van der Waals surface area contributed by atoms with E-state index >= 15 is 0 Å². The van der Waals surface area contributed by atoms with Gasteiger partial charge in [0.05, 0.1) is 40.3 Å². The maximum absolute atomic E-state index is 13.0. The minimum absolute atomic E-state index is 0.149. The first-order valence-electron chi connectivity index (χ1n) is 44.1. The van der Waals surface area contributed by atoms with Crippen LogP contribution in [0.15, 0.2) is 72.9 Å². The lowest BCUT2D eigenvalue weighted by Crippen LogP contribution is -2.44. The molecule has 0 saturated carbocycles. The number of ether oxygens (including phenoxy) is 4. The van der Waals surface area contributed by atoms with Gasteiger partial charge in [0.15, 0.2) is 12.4 Å². The van der Waals surface area contributed by atoms with Crippen molar-refractivity contribution < 1.29 is 42.9 Å². The number of aliphatic carboxylic acids is 1. The third-order valence-corrected chi connectivity index (χ3v) is 20.0. The average Bonchev–Trinajstić information content (AvgIpc) is 1.25. The largest absolute Gasteiger partial charge is 0.545 e. The highest BCUT2D eigenvalue weighted by Crippen LogP contribution is 2.21. The zero-order valence-electron chi connectivity index (χ0n) is 67.8. The summed E-state index contributed by atoms with van der Waals surface area (Å²) in [6.07, 6.45) is 109. The summed E-state index contributed by atoms with van der Waals surface area (Å²) in [4.78, 5) is 37.7. The van der Waals surface area contributed by atoms with E-state index in [0.717, 1.165) is 70.6 Å². The van der Waals surface area contributed by atoms with Gasteiger partial charge in [-0.3, -0.25) is 9.59 Å². The smallest absolute Gasteiger partial charge is 0.306 e. The lowest BCUT2D eigenvalue weighted by molar-refractivity contribution is -0.870. The number of hydrogen-bond acceptors (Lipinski definition) is 8. The Morgan fingerprint density at radius 3 is 0.842 bits per heavy atom. The summed E-state index contributed by atoms with van der Waals surface area (Å²) in [5.41, 5.74) is 0. The first-order valence-corrected chi connectivity index (χ1v) is 44.1. The van der Waals surface area contributed by atoms with Crippen molar-refractivity contribution in [1.82, 2.24) is 0 Å². The van der Waals surface area contributed by atoms with Crippen molar-refractivity contribution in [1.29, 1.82) is 0 Å². The van der Waals surface area contributed by atoms with E-state index in [1.807, 2.05) is 21.1 Å². The Bertz CT molecular complexity index is 1900. The van der Waals surface area contributed by atoms with E-state index in [4.69, 9.17) is 18.9 Å². The van der Waals surface area contributed by atoms with Crippen molar-refractivity contribution in [3.8, 4) is 0 Å². The Hall–Kier alpha value is -3.27. The number of hydrogen-bond donors (Lipinski definition) is 0. The van der Waals surface area contributed by atoms with Gasteiger partial charge in [-0.25, -0.2) is 0 Å². The molecule has 0 rings (SSSR count). The monoisotopic (exact) mass is 1420 g/mol. The molecular formula is C92H169NO8. The van der Waals surface area contributed by atoms with Gasteiger partial charge in [-0.2, -0.15) is 0 Å². The van der Waals surface area contributed by atoms with Crippen LogP contribution in [-0.4, -0.2) is 82.3 Å². The lowest BCUT2D eigenvalue weighted by atomic mass is 10.0. The number of unbranched alkanes of at least 4 members (excludes halogenated alkanes) is 56. The summed E-state index contributed by atoms with van der Waals surface area (Å²) in [6, 6.07) is 0. The van der Waals surface area contributed by atoms with Crippen molar-refractivity contribution in [2.45, 2.75) is 450 Å². The second-order valence-corrected chi connectivity index (χ2v) is 31.2. The maximum atomic E-state index is 13.0. The van der Waals surface area contributed by atoms with Crippen molar-refractivity contribution in [3.63, 3.8) is 0 Å². The Labute approximate surface area is 628 Å². The van der Waals surface area contributed by atoms with E-state index in [0.29, 0.717) is 23.9 Å². The van der Waals surface area contributed by atoms with Gasteiger partial charge in [0.2, 0.25) is 0 Å². The minimum atomic E-state index is -1.62. The number of quaternary nitrogens is 1. The molecule has 101 heavy (non-hydrogen) atoms. The summed E-state index contributed by atoms with van der Waals surface area (Å²) in [7, 11) is 5.95. The molecule has 0 heterocycles. The highest BCUT2D eigenvalue weighted by atomic mass is 16.7. The van der Waals surface area contributed by atoms with Gasteiger partial charge < -0.3 is 33.3 Å². The molecule has 590 valence electrons. The molecule has 2 unspecified atom stereocenters. The predicted octanol–water partition coefficient (Wildman–Crippen LogP) is 27.4. The van der Waals surface area contributed by atoms with Crippen LogP contribution in [0.5, 0.6) is 0 Å². The molecule has 0 fully saturated rings. The second kappa shape index (κ2) is 82.4. The van der Waals surface area contributed by atoms with Crippen LogP contribution in [0, 0.1) is 0 Å². The minimum Gasteiger partial charge on any atom is -0.545 e. The van der Waals surface area contributed by atoms with Crippen LogP contribution in [0.1, 0.15) is 438 Å². The standard InChI is InChI=1S/C92H169NO8/c1-6-8-10-12-14-16-18-20-22-24-26-28-30-32-34-36-38-40-42-43-44-45-46-47-49-50-52-54-56-58-60-62-64-66-68-70-72-74-76-78-80-82-89(94)99-86-88(87-100-92(91(96)97)98-85-84-93(3,4)5)101-90(95)83-81-79-77-75-73-71-69-67-65-63-61-59-57-55-53-51-48-41-39-37-35-33-31-29-27-25-23-21-19-17-15-13-11-9-7-2/h9,11,15,17,21,23,27,29,33,35,39,41,88,92H,6-8,10,12-14,16,18-20,22,24-26,28,30-32,34,36-38,40,42-87H2,1-5H3/b11-9-,17-15-,23-21-,29-27-,35-33-,41-39-. The SMILES string of the molecule is CC/C=C\C/C=C\C/C=C\C/C=C\C/C=C\C/C=C\CCCCCCCCCCCCCCCCCCC(=O)OC(COC(=O)CCCCCCCCCCCCCCCCCCCCCCCCCCCCCCCCCCCCCCCCCCC)COC(OCC[N+](C)(C)C)C(=O)[O-]. The summed E-state index contributed by atoms with van der Waals surface area (Å²) < 4.78 is 22.9. The summed E-state index contributed by atoms with van der Waals surface area (Å²) in [6.45, 7) is 4.71. The maximum Gasteiger partial charge on any atom is 0.306 e. The third kappa shape index (κ3) is 83.9. The van der Waals surface area contributed by atoms with Crippen LogP contribution < -0.4 is 5.11 Å². The van der Waals surface area contributed by atoms with Crippen molar-refractivity contribution in [3.05, 3.63) is 72.9 Å². The van der Waals surface area contributed by atoms with Gasteiger partial charge in [0.25, 0.3) is 0 Å². The molecule has 0 aliphatic rings. The normalized spacial score (nSPS) is 12.9. The van der Waals surface area contributed by atoms with E-state index in [-0.39, 0.29) is 32.2 Å². The van der Waals surface area contributed by atoms with E-state index in [1.165, 1.54) is 334 Å². The molecule has 0 N–H and O–H groups in total. The average molecular weight is 1420 g/mol. The Morgan fingerprint density at radius 1 is 0.307 bits per heavy atom. The fourth-order valence-corrected chi connectivity index (χ4v) is 13.3. The van der Waals surface area contributed by atoms with Crippen LogP contribution in [0.3, 0.4) is 0 Å². The number of nitrogens with zero attached hydrogens (tertiary/aromatic N) is 1. The number of carbonyl (C=O) groups excluding carboxylic acids is 3. The van der Waals surface area contributed by atoms with Gasteiger partial charge in [0, 0.05) is 12.8 Å². The molecule has 0 aliphatic heterocycles. The Balaban J connectivity index is 3.92. The van der Waals surface area contributed by atoms with Crippen molar-refractivity contribution in [2.75, 3.05) is 47.5 Å². The van der Waals surface area contributed by atoms with Gasteiger partial charge in [-0.1, -0.05) is 433 Å². The fourth-order valence-electron chi connectivity index (χ4n) is 13.3. The summed E-state index contributed by atoms with van der Waals surface area (Å²) in [5, 5.41) is 11.9. The number of likely N-dealkylation sites (N-methyl/N-ethyl adjacent to an activating group) is 1. The van der Waals surface area contributed by atoms with Crippen LogP contribution in [0.4, 0.5) is 0 Å². The third-order valence-electron chi connectivity index (χ3n) is 20.0. The number of carbonyl (C=O) groups is 3. The second-order valence-electron chi connectivity index (χ2n) is 31.2. The molecule has 2 atom stereocenters. The quantitative estimate of drug-likeness (QED) is 0.0195. The highest BCUT2D eigenvalue weighted by Gasteiger charge is 2.22. The summed E-state index contributed by atoms with van der Waals surface area (Å²) >= 11 is 0. The van der Waals surface area contributed by atoms with Gasteiger partial charge in [-0.15, -0.1) is 0 Å². The molecule has 0 aliphatic carbocycles. The lowest BCUT2D eigenvalue weighted by Gasteiger charge is -2.26. The highest BCUT2D eigenvalue weighted by molar-refractivity contribution is 5.70. The Morgan fingerprint density at radius 2 is 0.564 bits per heavy atom. The number of carboxylic acid groups (broad SMARTS) is 1. The summed E-state index contributed by atoms with van der Waals surface area (Å²) in [5.74, 6) is -2.25. The number of esters is 2. The molecule has 0 bridgehead atoms. The molecule has 9 heteroatoms. The zero-order valence-corrected chi connectivity index (χ0v) is 67.8. The molecule has 0 saturated heterocycles. The van der Waals surface area contributed by atoms with Crippen LogP contribution in [0.25, 0.3) is 0 Å². The molecular weight excluding hydrogens is 1250 g/mol. The molecule has 0 spiro atoms. The molecule has 0 amide bonds. The zero-order chi connectivity index (χ0) is 73.2. The predicted molar refractivity (Wildman–Crippen MR) is 435 cm³/mol. The van der Waals surface area contributed by atoms with E-state index < -0.39 is 24.3 Å². The fraction of sp³-hybridized carbons (Fsp3) is 0.837. The molecule has 0 aromatic heterocycles. The van der Waals surface area contributed by atoms with E-state index in [9.17, 15) is 19.5 Å². The van der Waals surface area contributed by atoms with Crippen molar-refractivity contribution in [2.24, 2.45) is 0 Å². The van der Waals surface area contributed by atoms with E-state index in [1.54, 1.807) is 0 Å². The first-order chi connectivity index (χ1) is 49.6. The topological polar surface area (TPSA) is 111 Å². The number of carboxylic acids is 1. The molecule has 0 radical (unpaired) electrons. The van der Waals surface area contributed by atoms with Crippen LogP contribution in [0.2, 0.25) is 0 Å². The number of allylic oxidation sites excluding steroid dienone is 12. The molecule has 0 aromatic carbocycles. The first kappa shape index (κ1) is 97.7. The van der Waals surface area contributed by atoms with Crippen LogP contribution in [-0.2, 0) is 33.3 Å². The van der Waals surface area contributed by atoms with Crippen molar-refractivity contribution >= 4 is 17.9 Å². The Kier molecular flexibility index (Phi) is 79.7. The van der Waals surface area contributed by atoms with Crippen LogP contribution >= 0.6 is 0 Å². The number of rotatable bonds is 83. The van der Waals surface area contributed by atoms with E-state index in [2.05, 4.69) is 86.8 Å². The van der Waals surface area contributed by atoms with Gasteiger partial charge >= 0.3 is 11.9 Å². The van der Waals surface area contributed by atoms with Gasteiger partial charge in [0.1, 0.15) is 13.2 Å².